The molecule has 0 bridgehead atoms. The van der Waals surface area contributed by atoms with Crippen molar-refractivity contribution in [3.05, 3.63) is 32.1 Å². The minimum absolute atomic E-state index is 0.104. The third kappa shape index (κ3) is 4.81. The molecule has 23 heavy (non-hydrogen) atoms. The Morgan fingerprint density at radius 3 is 2.70 bits per heavy atom. The zero-order valence-electron chi connectivity index (χ0n) is 14.1. The number of hydrogen-bond donors (Lipinski definition) is 2. The number of hydrogen-bond acceptors (Lipinski definition) is 3. The van der Waals surface area contributed by atoms with E-state index in [1.54, 1.807) is 6.92 Å². The molecule has 2 rings (SSSR count). The van der Waals surface area contributed by atoms with Crippen LogP contribution in [0.1, 0.15) is 56.7 Å². The molecular weight excluding hydrogens is 294 g/mol. The fourth-order valence-electron chi connectivity index (χ4n) is 3.43. The summed E-state index contributed by atoms with van der Waals surface area (Å²) in [6.07, 6.45) is 6.48. The van der Waals surface area contributed by atoms with Crippen molar-refractivity contribution in [2.24, 2.45) is 5.92 Å². The maximum absolute atomic E-state index is 12.4. The molecule has 128 valence electrons. The highest BCUT2D eigenvalue weighted by Gasteiger charge is 2.20. The zero-order chi connectivity index (χ0) is 16.8. The molecule has 6 nitrogen and oxygen atoms in total. The SMILES string of the molecule is CCC[C@H]1CCCN(C(=O)CCc2c(C)[nH]c(=O)[nH]c2=O)CC1. The van der Waals surface area contributed by atoms with E-state index < -0.39 is 11.2 Å². The van der Waals surface area contributed by atoms with Crippen molar-refractivity contribution >= 4 is 5.91 Å². The molecule has 2 heterocycles. The molecule has 0 saturated carbocycles. The highest BCUT2D eigenvalue weighted by molar-refractivity contribution is 5.76. The zero-order valence-corrected chi connectivity index (χ0v) is 14.1. The fraction of sp³-hybridized carbons (Fsp3) is 0.706. The topological polar surface area (TPSA) is 86.0 Å². The van der Waals surface area contributed by atoms with E-state index in [4.69, 9.17) is 0 Å². The number of H-pyrrole nitrogens is 2. The summed E-state index contributed by atoms with van der Waals surface area (Å²) < 4.78 is 0. The van der Waals surface area contributed by atoms with E-state index in [0.717, 1.165) is 31.8 Å². The van der Waals surface area contributed by atoms with Crippen LogP contribution >= 0.6 is 0 Å². The number of rotatable bonds is 5. The van der Waals surface area contributed by atoms with Gasteiger partial charge in [-0.25, -0.2) is 4.79 Å². The van der Waals surface area contributed by atoms with Crippen molar-refractivity contribution in [2.75, 3.05) is 13.1 Å². The van der Waals surface area contributed by atoms with E-state index in [9.17, 15) is 14.4 Å². The van der Waals surface area contributed by atoms with Crippen LogP contribution in [-0.4, -0.2) is 33.9 Å². The predicted molar refractivity (Wildman–Crippen MR) is 89.6 cm³/mol. The Kier molecular flexibility index (Phi) is 6.19. The Hall–Kier alpha value is -1.85. The van der Waals surface area contributed by atoms with Crippen molar-refractivity contribution in [3.8, 4) is 0 Å². The second-order valence-electron chi connectivity index (χ2n) is 6.48. The average Bonchev–Trinajstić information content (AvgIpc) is 2.72. The Morgan fingerprint density at radius 1 is 1.22 bits per heavy atom. The highest BCUT2D eigenvalue weighted by atomic mass is 16.2. The first-order valence-corrected chi connectivity index (χ1v) is 8.61. The number of carbonyl (C=O) groups excluding carboxylic acids is 1. The molecule has 1 aliphatic rings. The molecule has 1 atom stereocenters. The number of aromatic nitrogens is 2. The summed E-state index contributed by atoms with van der Waals surface area (Å²) in [5.41, 5.74) is 0.150. The fourth-order valence-corrected chi connectivity index (χ4v) is 3.43. The van der Waals surface area contributed by atoms with Gasteiger partial charge in [-0.3, -0.25) is 14.6 Å². The third-order valence-corrected chi connectivity index (χ3v) is 4.74. The van der Waals surface area contributed by atoms with Crippen LogP contribution in [0.15, 0.2) is 9.59 Å². The summed E-state index contributed by atoms with van der Waals surface area (Å²) in [5.74, 6) is 0.842. The standard InChI is InChI=1S/C17H27N3O3/c1-3-5-13-6-4-10-20(11-9-13)15(21)8-7-14-12(2)18-17(23)19-16(14)22/h13H,3-11H2,1-2H3,(H2,18,19,22,23)/t13-/m0/s1. The summed E-state index contributed by atoms with van der Waals surface area (Å²) in [7, 11) is 0. The quantitative estimate of drug-likeness (QED) is 0.866. The summed E-state index contributed by atoms with van der Waals surface area (Å²) in [5, 5.41) is 0. The molecule has 6 heteroatoms. The maximum Gasteiger partial charge on any atom is 0.325 e. The molecule has 2 N–H and O–H groups in total. The van der Waals surface area contributed by atoms with Crippen LogP contribution < -0.4 is 11.2 Å². The van der Waals surface area contributed by atoms with E-state index in [1.807, 2.05) is 4.90 Å². The Labute approximate surface area is 136 Å². The first-order chi connectivity index (χ1) is 11.0. The Balaban J connectivity index is 1.92. The van der Waals surface area contributed by atoms with Gasteiger partial charge in [0.1, 0.15) is 0 Å². The van der Waals surface area contributed by atoms with Crippen LogP contribution in [0, 0.1) is 12.8 Å². The number of likely N-dealkylation sites (tertiary alicyclic amines) is 1. The van der Waals surface area contributed by atoms with Gasteiger partial charge in [0.25, 0.3) is 5.56 Å². The highest BCUT2D eigenvalue weighted by Crippen LogP contribution is 2.22. The number of nitrogens with one attached hydrogen (secondary N) is 2. The van der Waals surface area contributed by atoms with Crippen molar-refractivity contribution in [1.29, 1.82) is 0 Å². The first kappa shape index (κ1) is 17.5. The second kappa shape index (κ2) is 8.13. The van der Waals surface area contributed by atoms with Crippen LogP contribution in [0.4, 0.5) is 0 Å². The van der Waals surface area contributed by atoms with Gasteiger partial charge in [0.2, 0.25) is 5.91 Å². The van der Waals surface area contributed by atoms with Gasteiger partial charge in [0.15, 0.2) is 0 Å². The molecular formula is C17H27N3O3. The third-order valence-electron chi connectivity index (χ3n) is 4.74. The van der Waals surface area contributed by atoms with Gasteiger partial charge >= 0.3 is 5.69 Å². The van der Waals surface area contributed by atoms with Gasteiger partial charge in [0.05, 0.1) is 0 Å². The van der Waals surface area contributed by atoms with Crippen molar-refractivity contribution in [3.63, 3.8) is 0 Å². The molecule has 0 spiro atoms. The lowest BCUT2D eigenvalue weighted by Crippen LogP contribution is -2.33. The van der Waals surface area contributed by atoms with E-state index in [2.05, 4.69) is 16.9 Å². The van der Waals surface area contributed by atoms with Gasteiger partial charge in [-0.05, 0) is 38.5 Å². The van der Waals surface area contributed by atoms with Crippen LogP contribution in [0.3, 0.4) is 0 Å². The van der Waals surface area contributed by atoms with Crippen LogP contribution in [0.2, 0.25) is 0 Å². The van der Waals surface area contributed by atoms with Gasteiger partial charge in [-0.2, -0.15) is 0 Å². The molecule has 1 aliphatic heterocycles. The first-order valence-electron chi connectivity index (χ1n) is 8.61. The number of aromatic amines is 2. The Bertz CT molecular complexity index is 647. The monoisotopic (exact) mass is 321 g/mol. The molecule has 1 aromatic heterocycles. The summed E-state index contributed by atoms with van der Waals surface area (Å²) in [6, 6.07) is 0. The number of nitrogens with zero attached hydrogens (tertiary/aromatic N) is 1. The van der Waals surface area contributed by atoms with Gasteiger partial charge in [-0.15, -0.1) is 0 Å². The summed E-state index contributed by atoms with van der Waals surface area (Å²) in [4.78, 5) is 42.2. The molecule has 1 saturated heterocycles. The van der Waals surface area contributed by atoms with Gasteiger partial charge in [-0.1, -0.05) is 19.8 Å². The minimum atomic E-state index is -0.503. The van der Waals surface area contributed by atoms with Crippen molar-refractivity contribution in [1.82, 2.24) is 14.9 Å². The lowest BCUT2D eigenvalue weighted by Gasteiger charge is -2.20. The summed E-state index contributed by atoms with van der Waals surface area (Å²) >= 11 is 0. The maximum atomic E-state index is 12.4. The number of aryl methyl sites for hydroxylation is 1. The van der Waals surface area contributed by atoms with Crippen LogP contribution in [0.5, 0.6) is 0 Å². The normalized spacial score (nSPS) is 18.7. The lowest BCUT2D eigenvalue weighted by atomic mass is 9.96. The van der Waals surface area contributed by atoms with Crippen molar-refractivity contribution in [2.45, 2.75) is 58.8 Å². The van der Waals surface area contributed by atoms with Crippen LogP contribution in [0.25, 0.3) is 0 Å². The molecule has 0 unspecified atom stereocenters. The molecule has 1 fully saturated rings. The molecule has 1 amide bonds. The predicted octanol–water partition coefficient (Wildman–Crippen LogP) is 1.73. The largest absolute Gasteiger partial charge is 0.343 e. The van der Waals surface area contributed by atoms with E-state index in [0.29, 0.717) is 24.1 Å². The molecule has 0 aliphatic carbocycles. The molecule has 0 aromatic carbocycles. The minimum Gasteiger partial charge on any atom is -0.343 e. The van der Waals surface area contributed by atoms with Gasteiger partial charge < -0.3 is 9.88 Å². The van der Waals surface area contributed by atoms with Crippen molar-refractivity contribution < 1.29 is 4.79 Å². The lowest BCUT2D eigenvalue weighted by molar-refractivity contribution is -0.131. The summed E-state index contributed by atoms with van der Waals surface area (Å²) in [6.45, 7) is 5.54. The molecule has 1 aromatic rings. The van der Waals surface area contributed by atoms with Gasteiger partial charge in [0, 0.05) is 30.8 Å². The van der Waals surface area contributed by atoms with E-state index in [-0.39, 0.29) is 5.91 Å². The van der Waals surface area contributed by atoms with E-state index in [1.165, 1.54) is 19.3 Å². The Morgan fingerprint density at radius 2 is 2.00 bits per heavy atom. The molecule has 0 radical (unpaired) electrons. The average molecular weight is 321 g/mol. The second-order valence-corrected chi connectivity index (χ2v) is 6.48. The number of amides is 1. The van der Waals surface area contributed by atoms with Crippen LogP contribution in [-0.2, 0) is 11.2 Å². The number of carbonyl (C=O) groups is 1. The van der Waals surface area contributed by atoms with E-state index >= 15 is 0 Å². The smallest absolute Gasteiger partial charge is 0.325 e.